The zero-order chi connectivity index (χ0) is 10.3. The van der Waals surface area contributed by atoms with Crippen molar-refractivity contribution in [2.45, 2.75) is 25.0 Å². The summed E-state index contributed by atoms with van der Waals surface area (Å²) in [4.78, 5) is 11.2. The molecule has 15 heavy (non-hydrogen) atoms. The summed E-state index contributed by atoms with van der Waals surface area (Å²) in [6.07, 6.45) is 2.07. The molecule has 0 aromatic heterocycles. The fraction of sp³-hybridized carbons (Fsp3) is 0.417. The number of hydrogen-bond acceptors (Lipinski definition) is 2. The Morgan fingerprint density at radius 3 is 3.13 bits per heavy atom. The van der Waals surface area contributed by atoms with Gasteiger partial charge < -0.3 is 10.1 Å². The van der Waals surface area contributed by atoms with Crippen molar-refractivity contribution in [3.8, 4) is 0 Å². The third-order valence-electron chi connectivity index (χ3n) is 3.19. The summed E-state index contributed by atoms with van der Waals surface area (Å²) >= 11 is 0. The summed E-state index contributed by atoms with van der Waals surface area (Å²) in [5.41, 5.74) is 2.60. The van der Waals surface area contributed by atoms with Gasteiger partial charge in [-0.05, 0) is 24.0 Å². The highest BCUT2D eigenvalue weighted by Gasteiger charge is 2.34. The van der Waals surface area contributed by atoms with Crippen LogP contribution in [0, 0.1) is 0 Å². The SMILES string of the molecule is O=C1CO[C@@H]2c3ccccc3CC[C@@H]2N1. The van der Waals surface area contributed by atoms with E-state index in [9.17, 15) is 4.79 Å². The molecule has 2 aliphatic rings. The highest BCUT2D eigenvalue weighted by Crippen LogP contribution is 2.34. The molecule has 1 aromatic carbocycles. The zero-order valence-electron chi connectivity index (χ0n) is 8.40. The van der Waals surface area contributed by atoms with Gasteiger partial charge in [0.15, 0.2) is 0 Å². The summed E-state index contributed by atoms with van der Waals surface area (Å²) < 4.78 is 5.61. The second-order valence-electron chi connectivity index (χ2n) is 4.14. The number of rotatable bonds is 0. The Morgan fingerprint density at radius 1 is 1.33 bits per heavy atom. The van der Waals surface area contributed by atoms with Gasteiger partial charge in [-0.2, -0.15) is 0 Å². The van der Waals surface area contributed by atoms with E-state index in [2.05, 4.69) is 23.5 Å². The third-order valence-corrected chi connectivity index (χ3v) is 3.19. The quantitative estimate of drug-likeness (QED) is 0.687. The highest BCUT2D eigenvalue weighted by molar-refractivity contribution is 5.78. The Kier molecular flexibility index (Phi) is 1.99. The van der Waals surface area contributed by atoms with Gasteiger partial charge in [0.1, 0.15) is 12.7 Å². The van der Waals surface area contributed by atoms with Crippen molar-refractivity contribution >= 4 is 5.91 Å². The van der Waals surface area contributed by atoms with Crippen LogP contribution in [0.1, 0.15) is 23.7 Å². The van der Waals surface area contributed by atoms with Crippen LogP contribution < -0.4 is 5.32 Å². The number of hydrogen-bond donors (Lipinski definition) is 1. The molecule has 0 bridgehead atoms. The van der Waals surface area contributed by atoms with E-state index in [1.54, 1.807) is 0 Å². The number of ether oxygens (including phenoxy) is 1. The molecule has 1 aromatic rings. The molecular weight excluding hydrogens is 190 g/mol. The van der Waals surface area contributed by atoms with Crippen LogP contribution in [0.3, 0.4) is 0 Å². The normalized spacial score (nSPS) is 28.9. The van der Waals surface area contributed by atoms with Gasteiger partial charge in [-0.25, -0.2) is 0 Å². The molecule has 1 heterocycles. The number of amides is 1. The van der Waals surface area contributed by atoms with Crippen LogP contribution in [0.25, 0.3) is 0 Å². The van der Waals surface area contributed by atoms with Crippen molar-refractivity contribution in [3.05, 3.63) is 35.4 Å². The lowest BCUT2D eigenvalue weighted by atomic mass is 9.85. The van der Waals surface area contributed by atoms with Gasteiger partial charge in [0.05, 0.1) is 6.04 Å². The Morgan fingerprint density at radius 2 is 2.20 bits per heavy atom. The van der Waals surface area contributed by atoms with Crippen molar-refractivity contribution in [2.24, 2.45) is 0 Å². The summed E-state index contributed by atoms with van der Waals surface area (Å²) in [5, 5.41) is 3.00. The number of benzene rings is 1. The summed E-state index contributed by atoms with van der Waals surface area (Å²) in [6, 6.07) is 8.50. The number of morpholine rings is 1. The van der Waals surface area contributed by atoms with Crippen LogP contribution in [0.2, 0.25) is 0 Å². The molecule has 3 nitrogen and oxygen atoms in total. The average Bonchev–Trinajstić information content (AvgIpc) is 2.28. The molecule has 0 unspecified atom stereocenters. The fourth-order valence-electron chi connectivity index (χ4n) is 2.49. The first-order valence-electron chi connectivity index (χ1n) is 5.33. The standard InChI is InChI=1S/C12H13NO2/c14-11-7-15-12-9-4-2-1-3-8(9)5-6-10(12)13-11/h1-4,10,12H,5-7H2,(H,13,14)/t10-,12+/m0/s1. The van der Waals surface area contributed by atoms with Crippen molar-refractivity contribution in [2.75, 3.05) is 6.61 Å². The van der Waals surface area contributed by atoms with E-state index >= 15 is 0 Å². The second kappa shape index (κ2) is 3.35. The molecule has 3 heteroatoms. The minimum atomic E-state index is 0.00984. The van der Waals surface area contributed by atoms with Crippen LogP contribution in [-0.4, -0.2) is 18.6 Å². The lowest BCUT2D eigenvalue weighted by Crippen LogP contribution is -2.49. The molecule has 1 fully saturated rings. The predicted octanol–water partition coefficient (Wildman–Crippen LogP) is 1.19. The van der Waals surface area contributed by atoms with Crippen molar-refractivity contribution in [1.82, 2.24) is 5.32 Å². The molecule has 1 saturated heterocycles. The van der Waals surface area contributed by atoms with Gasteiger partial charge in [0, 0.05) is 0 Å². The fourth-order valence-corrected chi connectivity index (χ4v) is 2.49. The topological polar surface area (TPSA) is 38.3 Å². The molecule has 1 amide bonds. The van der Waals surface area contributed by atoms with Crippen molar-refractivity contribution in [1.29, 1.82) is 0 Å². The van der Waals surface area contributed by atoms with Crippen LogP contribution in [-0.2, 0) is 16.0 Å². The lowest BCUT2D eigenvalue weighted by Gasteiger charge is -2.37. The Hall–Kier alpha value is -1.35. The molecule has 0 saturated carbocycles. The zero-order valence-corrected chi connectivity index (χ0v) is 8.40. The van der Waals surface area contributed by atoms with Gasteiger partial charge in [-0.3, -0.25) is 4.79 Å². The van der Waals surface area contributed by atoms with E-state index in [4.69, 9.17) is 4.74 Å². The third kappa shape index (κ3) is 1.43. The highest BCUT2D eigenvalue weighted by atomic mass is 16.5. The van der Waals surface area contributed by atoms with E-state index in [0.29, 0.717) is 0 Å². The molecule has 78 valence electrons. The first kappa shape index (κ1) is 8.92. The molecule has 1 N–H and O–H groups in total. The molecule has 3 rings (SSSR count). The van der Waals surface area contributed by atoms with Crippen molar-refractivity contribution in [3.63, 3.8) is 0 Å². The van der Waals surface area contributed by atoms with E-state index in [0.717, 1.165) is 12.8 Å². The smallest absolute Gasteiger partial charge is 0.246 e. The number of nitrogens with one attached hydrogen (secondary N) is 1. The lowest BCUT2D eigenvalue weighted by molar-refractivity contribution is -0.137. The molecule has 1 aliphatic carbocycles. The summed E-state index contributed by atoms with van der Waals surface area (Å²) in [6.45, 7) is 0.190. The van der Waals surface area contributed by atoms with E-state index in [1.807, 2.05) is 6.07 Å². The maximum absolute atomic E-state index is 11.2. The first-order valence-corrected chi connectivity index (χ1v) is 5.33. The maximum atomic E-state index is 11.2. The van der Waals surface area contributed by atoms with Gasteiger partial charge in [0.25, 0.3) is 0 Å². The number of aryl methyl sites for hydroxylation is 1. The predicted molar refractivity (Wildman–Crippen MR) is 55.4 cm³/mol. The number of carbonyl (C=O) groups excluding carboxylic acids is 1. The summed E-state index contributed by atoms with van der Waals surface area (Å²) in [7, 11) is 0. The Bertz CT molecular complexity index is 402. The number of carbonyl (C=O) groups is 1. The molecule has 2 atom stereocenters. The van der Waals surface area contributed by atoms with E-state index < -0.39 is 0 Å². The van der Waals surface area contributed by atoms with Crippen LogP contribution in [0.5, 0.6) is 0 Å². The van der Waals surface area contributed by atoms with E-state index in [1.165, 1.54) is 11.1 Å². The molecule has 0 radical (unpaired) electrons. The van der Waals surface area contributed by atoms with Gasteiger partial charge in [-0.1, -0.05) is 24.3 Å². The minimum absolute atomic E-state index is 0.00984. The molecule has 0 spiro atoms. The maximum Gasteiger partial charge on any atom is 0.246 e. The minimum Gasteiger partial charge on any atom is -0.362 e. The Balaban J connectivity index is 1.97. The average molecular weight is 203 g/mol. The summed E-state index contributed by atoms with van der Waals surface area (Å²) in [5.74, 6) is 0.00984. The molecule has 1 aliphatic heterocycles. The van der Waals surface area contributed by atoms with Gasteiger partial charge in [-0.15, -0.1) is 0 Å². The Labute approximate surface area is 88.4 Å². The van der Waals surface area contributed by atoms with Crippen LogP contribution in [0.15, 0.2) is 24.3 Å². The van der Waals surface area contributed by atoms with Crippen LogP contribution in [0.4, 0.5) is 0 Å². The van der Waals surface area contributed by atoms with Gasteiger partial charge in [0.2, 0.25) is 5.91 Å². The first-order chi connectivity index (χ1) is 7.34. The number of fused-ring (bicyclic) bond motifs is 3. The monoisotopic (exact) mass is 203 g/mol. The largest absolute Gasteiger partial charge is 0.362 e. The van der Waals surface area contributed by atoms with Gasteiger partial charge >= 0.3 is 0 Å². The second-order valence-corrected chi connectivity index (χ2v) is 4.14. The molecular formula is C12H13NO2. The van der Waals surface area contributed by atoms with E-state index in [-0.39, 0.29) is 24.7 Å². The van der Waals surface area contributed by atoms with Crippen LogP contribution >= 0.6 is 0 Å². The van der Waals surface area contributed by atoms with Crippen molar-refractivity contribution < 1.29 is 9.53 Å².